The van der Waals surface area contributed by atoms with E-state index in [2.05, 4.69) is 6.92 Å². The molecule has 1 aliphatic heterocycles. The quantitative estimate of drug-likeness (QED) is 0.757. The van der Waals surface area contributed by atoms with Crippen molar-refractivity contribution in [3.05, 3.63) is 0 Å². The lowest BCUT2D eigenvalue weighted by atomic mass is 10.0. The lowest BCUT2D eigenvalue weighted by Gasteiger charge is -2.29. The summed E-state index contributed by atoms with van der Waals surface area (Å²) >= 11 is 0. The van der Waals surface area contributed by atoms with E-state index in [4.69, 9.17) is 5.73 Å². The second-order valence-corrected chi connectivity index (χ2v) is 5.49. The molecule has 106 valence electrons. The molecule has 4 nitrogen and oxygen atoms in total. The summed E-state index contributed by atoms with van der Waals surface area (Å²) in [5.74, 6) is 0.721. The number of aliphatic hydroxyl groups excluding tert-OH is 1. The van der Waals surface area contributed by atoms with Gasteiger partial charge in [-0.2, -0.15) is 0 Å². The van der Waals surface area contributed by atoms with Crippen LogP contribution in [0.1, 0.15) is 51.9 Å². The average Bonchev–Trinajstić information content (AvgIpc) is 2.61. The third-order valence-corrected chi connectivity index (χ3v) is 3.92. The van der Waals surface area contributed by atoms with Crippen LogP contribution in [-0.4, -0.2) is 41.7 Å². The SMILES string of the molecule is CC(CCN)CCC(=O)N1CCCCCC1CO. The highest BCUT2D eigenvalue weighted by Crippen LogP contribution is 2.19. The molecule has 0 aromatic heterocycles. The Balaban J connectivity index is 2.42. The Kier molecular flexibility index (Phi) is 7.28. The fourth-order valence-corrected chi connectivity index (χ4v) is 2.64. The highest BCUT2D eigenvalue weighted by molar-refractivity contribution is 5.76. The van der Waals surface area contributed by atoms with Gasteiger partial charge in [0.05, 0.1) is 12.6 Å². The van der Waals surface area contributed by atoms with Crippen LogP contribution < -0.4 is 5.73 Å². The first-order valence-corrected chi connectivity index (χ1v) is 7.29. The number of rotatable bonds is 6. The summed E-state index contributed by atoms with van der Waals surface area (Å²) in [6.07, 6.45) is 6.79. The first-order chi connectivity index (χ1) is 8.69. The number of carbonyl (C=O) groups is 1. The van der Waals surface area contributed by atoms with Gasteiger partial charge < -0.3 is 15.7 Å². The van der Waals surface area contributed by atoms with Gasteiger partial charge in [0.1, 0.15) is 0 Å². The van der Waals surface area contributed by atoms with Gasteiger partial charge >= 0.3 is 0 Å². The van der Waals surface area contributed by atoms with Gasteiger partial charge in [-0.25, -0.2) is 0 Å². The van der Waals surface area contributed by atoms with E-state index in [0.29, 0.717) is 18.9 Å². The van der Waals surface area contributed by atoms with E-state index in [0.717, 1.165) is 38.6 Å². The zero-order valence-electron chi connectivity index (χ0n) is 11.6. The molecule has 1 heterocycles. The molecule has 4 heteroatoms. The Hall–Kier alpha value is -0.610. The van der Waals surface area contributed by atoms with E-state index < -0.39 is 0 Å². The van der Waals surface area contributed by atoms with Crippen LogP contribution in [0.3, 0.4) is 0 Å². The van der Waals surface area contributed by atoms with Crippen LogP contribution in [0.4, 0.5) is 0 Å². The summed E-state index contributed by atoms with van der Waals surface area (Å²) in [5.41, 5.74) is 5.51. The minimum Gasteiger partial charge on any atom is -0.394 e. The zero-order valence-corrected chi connectivity index (χ0v) is 11.6. The molecule has 3 N–H and O–H groups in total. The summed E-state index contributed by atoms with van der Waals surface area (Å²) in [7, 11) is 0. The molecule has 1 fully saturated rings. The number of nitrogens with two attached hydrogens (primary N) is 1. The van der Waals surface area contributed by atoms with E-state index >= 15 is 0 Å². The highest BCUT2D eigenvalue weighted by Gasteiger charge is 2.24. The van der Waals surface area contributed by atoms with Crippen LogP contribution >= 0.6 is 0 Å². The molecular formula is C14H28N2O2. The molecule has 18 heavy (non-hydrogen) atoms. The fourth-order valence-electron chi connectivity index (χ4n) is 2.64. The molecule has 1 rings (SSSR count). The van der Waals surface area contributed by atoms with E-state index in [1.807, 2.05) is 4.90 Å². The van der Waals surface area contributed by atoms with Crippen LogP contribution in [0, 0.1) is 5.92 Å². The number of aliphatic hydroxyl groups is 1. The van der Waals surface area contributed by atoms with Gasteiger partial charge in [-0.15, -0.1) is 0 Å². The first kappa shape index (κ1) is 15.4. The number of hydrogen-bond acceptors (Lipinski definition) is 3. The van der Waals surface area contributed by atoms with Crippen LogP contribution in [0.5, 0.6) is 0 Å². The van der Waals surface area contributed by atoms with Crippen molar-refractivity contribution < 1.29 is 9.90 Å². The molecule has 2 atom stereocenters. The standard InChI is InChI=1S/C14H28N2O2/c1-12(8-9-15)6-7-14(18)16-10-4-2-3-5-13(16)11-17/h12-13,17H,2-11,15H2,1H3. The van der Waals surface area contributed by atoms with Gasteiger partial charge in [-0.3, -0.25) is 4.79 Å². The van der Waals surface area contributed by atoms with E-state index in [-0.39, 0.29) is 18.6 Å². The van der Waals surface area contributed by atoms with Crippen molar-refractivity contribution in [2.45, 2.75) is 57.9 Å². The first-order valence-electron chi connectivity index (χ1n) is 7.29. The van der Waals surface area contributed by atoms with Crippen molar-refractivity contribution in [2.75, 3.05) is 19.7 Å². The summed E-state index contributed by atoms with van der Waals surface area (Å²) < 4.78 is 0. The lowest BCUT2D eigenvalue weighted by molar-refractivity contribution is -0.134. The smallest absolute Gasteiger partial charge is 0.222 e. The van der Waals surface area contributed by atoms with Crippen LogP contribution in [0.25, 0.3) is 0 Å². The largest absolute Gasteiger partial charge is 0.394 e. The maximum absolute atomic E-state index is 12.2. The maximum Gasteiger partial charge on any atom is 0.222 e. The zero-order chi connectivity index (χ0) is 13.4. The minimum absolute atomic E-state index is 0.0461. The highest BCUT2D eigenvalue weighted by atomic mass is 16.3. The third kappa shape index (κ3) is 4.94. The molecule has 1 amide bonds. The predicted octanol–water partition coefficient (Wildman–Crippen LogP) is 1.51. The van der Waals surface area contributed by atoms with Crippen molar-refractivity contribution in [2.24, 2.45) is 11.7 Å². The summed E-state index contributed by atoms with van der Waals surface area (Å²) in [6, 6.07) is 0.0461. The Morgan fingerprint density at radius 1 is 1.39 bits per heavy atom. The van der Waals surface area contributed by atoms with Crippen molar-refractivity contribution in [1.82, 2.24) is 4.90 Å². The van der Waals surface area contributed by atoms with Crippen LogP contribution in [0.2, 0.25) is 0 Å². The Bertz CT molecular complexity index is 246. The van der Waals surface area contributed by atoms with Gasteiger partial charge in [0.2, 0.25) is 5.91 Å². The minimum atomic E-state index is 0.0461. The molecule has 0 radical (unpaired) electrons. The van der Waals surface area contributed by atoms with Crippen LogP contribution in [-0.2, 0) is 4.79 Å². The van der Waals surface area contributed by atoms with Crippen molar-refractivity contribution in [3.8, 4) is 0 Å². The number of likely N-dealkylation sites (tertiary alicyclic amines) is 1. The van der Waals surface area contributed by atoms with E-state index in [9.17, 15) is 9.90 Å². The topological polar surface area (TPSA) is 66.6 Å². The molecule has 1 aliphatic rings. The number of amides is 1. The maximum atomic E-state index is 12.2. The summed E-state index contributed by atoms with van der Waals surface area (Å²) in [4.78, 5) is 14.1. The molecule has 2 unspecified atom stereocenters. The monoisotopic (exact) mass is 256 g/mol. The van der Waals surface area contributed by atoms with E-state index in [1.165, 1.54) is 6.42 Å². The van der Waals surface area contributed by atoms with Crippen molar-refractivity contribution in [3.63, 3.8) is 0 Å². The molecule has 1 saturated heterocycles. The molecule has 0 aromatic rings. The third-order valence-electron chi connectivity index (χ3n) is 3.92. The Morgan fingerprint density at radius 3 is 2.83 bits per heavy atom. The van der Waals surface area contributed by atoms with Crippen molar-refractivity contribution in [1.29, 1.82) is 0 Å². The second kappa shape index (κ2) is 8.48. The normalized spacial score (nSPS) is 22.6. The lowest BCUT2D eigenvalue weighted by Crippen LogP contribution is -2.42. The average molecular weight is 256 g/mol. The van der Waals surface area contributed by atoms with Crippen LogP contribution in [0.15, 0.2) is 0 Å². The Morgan fingerprint density at radius 2 is 2.17 bits per heavy atom. The van der Waals surface area contributed by atoms with Gasteiger partial charge in [0.25, 0.3) is 0 Å². The molecule has 0 spiro atoms. The predicted molar refractivity (Wildman–Crippen MR) is 73.1 cm³/mol. The van der Waals surface area contributed by atoms with Gasteiger partial charge in [0.15, 0.2) is 0 Å². The van der Waals surface area contributed by atoms with E-state index in [1.54, 1.807) is 0 Å². The van der Waals surface area contributed by atoms with Gasteiger partial charge in [-0.05, 0) is 38.1 Å². The van der Waals surface area contributed by atoms with Gasteiger partial charge in [0, 0.05) is 13.0 Å². The molecule has 0 saturated carbocycles. The second-order valence-electron chi connectivity index (χ2n) is 5.49. The number of carbonyl (C=O) groups excluding carboxylic acids is 1. The summed E-state index contributed by atoms with van der Waals surface area (Å²) in [6.45, 7) is 3.75. The fraction of sp³-hybridized carbons (Fsp3) is 0.929. The molecule has 0 aliphatic carbocycles. The number of nitrogens with zero attached hydrogens (tertiary/aromatic N) is 1. The van der Waals surface area contributed by atoms with Gasteiger partial charge in [-0.1, -0.05) is 19.8 Å². The molecule has 0 aromatic carbocycles. The van der Waals surface area contributed by atoms with Crippen molar-refractivity contribution >= 4 is 5.91 Å². The molecular weight excluding hydrogens is 228 g/mol. The Labute approximate surface area is 111 Å². The summed E-state index contributed by atoms with van der Waals surface area (Å²) in [5, 5.41) is 9.39. The number of hydrogen-bond donors (Lipinski definition) is 2. The molecule has 0 bridgehead atoms.